The van der Waals surface area contributed by atoms with Gasteiger partial charge in [-0.25, -0.2) is 0 Å². The number of amides is 2. The number of hydrogen-bond acceptors (Lipinski definition) is 6. The van der Waals surface area contributed by atoms with Crippen LogP contribution >= 0.6 is 0 Å². The van der Waals surface area contributed by atoms with Gasteiger partial charge in [0.05, 0.1) is 14.2 Å². The molecule has 2 rings (SSSR count). The van der Waals surface area contributed by atoms with E-state index >= 15 is 0 Å². The lowest BCUT2D eigenvalue weighted by Crippen LogP contribution is -2.46. The van der Waals surface area contributed by atoms with Gasteiger partial charge in [-0.05, 0) is 18.9 Å². The van der Waals surface area contributed by atoms with Crippen LogP contribution in [-0.4, -0.2) is 68.3 Å². The monoisotopic (exact) mass is 351 g/mol. The number of carbonyl (C=O) groups is 2. The number of pyridine rings is 1. The molecule has 0 aromatic carbocycles. The van der Waals surface area contributed by atoms with Gasteiger partial charge in [0.1, 0.15) is 5.56 Å². The van der Waals surface area contributed by atoms with Crippen LogP contribution in [0.2, 0.25) is 0 Å². The van der Waals surface area contributed by atoms with Crippen molar-refractivity contribution < 1.29 is 23.8 Å². The topological polar surface area (TPSA) is 90.0 Å². The molecule has 1 N–H and O–H groups in total. The van der Waals surface area contributed by atoms with Crippen LogP contribution in [-0.2, 0) is 9.53 Å². The van der Waals surface area contributed by atoms with Crippen molar-refractivity contribution in [3.63, 3.8) is 0 Å². The Morgan fingerprint density at radius 3 is 2.60 bits per heavy atom. The molecule has 2 amide bonds. The predicted molar refractivity (Wildman–Crippen MR) is 90.9 cm³/mol. The summed E-state index contributed by atoms with van der Waals surface area (Å²) in [6.07, 6.45) is 1.65. The number of carbonyl (C=O) groups excluding carboxylic acids is 2. The van der Waals surface area contributed by atoms with E-state index in [1.807, 2.05) is 0 Å². The maximum Gasteiger partial charge on any atom is 0.256 e. The molecule has 1 aliphatic rings. The summed E-state index contributed by atoms with van der Waals surface area (Å²) in [5, 5.41) is 2.81. The third-order valence-electron chi connectivity index (χ3n) is 4.16. The molecule has 0 bridgehead atoms. The number of hydrogen-bond donors (Lipinski definition) is 1. The van der Waals surface area contributed by atoms with E-state index in [1.54, 1.807) is 24.0 Å². The van der Waals surface area contributed by atoms with Crippen LogP contribution in [0.15, 0.2) is 12.1 Å². The average Bonchev–Trinajstić information content (AvgIpc) is 2.64. The van der Waals surface area contributed by atoms with Crippen LogP contribution in [0.4, 0.5) is 0 Å². The minimum atomic E-state index is -0.303. The van der Waals surface area contributed by atoms with Crippen molar-refractivity contribution in [1.29, 1.82) is 0 Å². The van der Waals surface area contributed by atoms with Crippen molar-refractivity contribution in [2.75, 3.05) is 40.5 Å². The molecule has 8 heteroatoms. The zero-order valence-electron chi connectivity index (χ0n) is 14.9. The lowest BCUT2D eigenvalue weighted by Gasteiger charge is -2.33. The van der Waals surface area contributed by atoms with Gasteiger partial charge in [0, 0.05) is 45.3 Å². The van der Waals surface area contributed by atoms with E-state index in [0.717, 1.165) is 12.8 Å². The standard InChI is InChI=1S/C17H25N3O5/c1-12(21)20(13-6-10-25-11-7-13)9-8-18-16(22)14-4-5-15(23-2)19-17(14)24-3/h4-5,13H,6-11H2,1-3H3,(H,18,22). The number of nitrogens with one attached hydrogen (secondary N) is 1. The highest BCUT2D eigenvalue weighted by atomic mass is 16.5. The highest BCUT2D eigenvalue weighted by molar-refractivity contribution is 5.96. The number of nitrogens with zero attached hydrogens (tertiary/aromatic N) is 2. The van der Waals surface area contributed by atoms with Gasteiger partial charge >= 0.3 is 0 Å². The number of rotatable bonds is 7. The second-order valence-corrected chi connectivity index (χ2v) is 5.72. The maximum atomic E-state index is 12.4. The summed E-state index contributed by atoms with van der Waals surface area (Å²) in [6, 6.07) is 3.36. The molecule has 0 atom stereocenters. The van der Waals surface area contributed by atoms with Crippen LogP contribution in [0.1, 0.15) is 30.1 Å². The Hall–Kier alpha value is -2.35. The second-order valence-electron chi connectivity index (χ2n) is 5.72. The van der Waals surface area contributed by atoms with Gasteiger partial charge < -0.3 is 24.4 Å². The molecular formula is C17H25N3O5. The smallest absolute Gasteiger partial charge is 0.256 e. The molecule has 0 radical (unpaired) electrons. The summed E-state index contributed by atoms with van der Waals surface area (Å²) in [6.45, 7) is 3.68. The molecule has 0 saturated carbocycles. The minimum Gasteiger partial charge on any atom is -0.481 e. The Balaban J connectivity index is 1.93. The summed E-state index contributed by atoms with van der Waals surface area (Å²) < 4.78 is 15.5. The Bertz CT molecular complexity index is 602. The van der Waals surface area contributed by atoms with Gasteiger partial charge in [-0.1, -0.05) is 0 Å². The molecule has 138 valence electrons. The fraction of sp³-hybridized carbons (Fsp3) is 0.588. The SMILES string of the molecule is COc1ccc(C(=O)NCCN(C(C)=O)C2CCOCC2)c(OC)n1. The molecule has 1 aromatic heterocycles. The van der Waals surface area contributed by atoms with Gasteiger partial charge in [-0.3, -0.25) is 9.59 Å². The average molecular weight is 351 g/mol. The summed E-state index contributed by atoms with van der Waals surface area (Å²) in [5.41, 5.74) is 0.323. The van der Waals surface area contributed by atoms with E-state index in [4.69, 9.17) is 14.2 Å². The molecule has 0 unspecified atom stereocenters. The highest BCUT2D eigenvalue weighted by Gasteiger charge is 2.23. The Kier molecular flexibility index (Phi) is 7.00. The number of ether oxygens (including phenoxy) is 3. The van der Waals surface area contributed by atoms with Gasteiger partial charge in [0.15, 0.2) is 0 Å². The first-order valence-corrected chi connectivity index (χ1v) is 8.29. The largest absolute Gasteiger partial charge is 0.481 e. The number of aromatic nitrogens is 1. The van der Waals surface area contributed by atoms with E-state index in [1.165, 1.54) is 14.2 Å². The van der Waals surface area contributed by atoms with Crippen LogP contribution < -0.4 is 14.8 Å². The van der Waals surface area contributed by atoms with Crippen LogP contribution in [0.25, 0.3) is 0 Å². The Morgan fingerprint density at radius 2 is 2.00 bits per heavy atom. The van der Waals surface area contributed by atoms with E-state index in [9.17, 15) is 9.59 Å². The molecule has 0 aliphatic carbocycles. The molecule has 1 fully saturated rings. The van der Waals surface area contributed by atoms with Crippen molar-refractivity contribution in [3.8, 4) is 11.8 Å². The minimum absolute atomic E-state index is 0.00448. The quantitative estimate of drug-likeness (QED) is 0.783. The lowest BCUT2D eigenvalue weighted by molar-refractivity contribution is -0.132. The zero-order chi connectivity index (χ0) is 18.2. The molecule has 1 aromatic rings. The van der Waals surface area contributed by atoms with Gasteiger partial charge in [0.2, 0.25) is 17.7 Å². The summed E-state index contributed by atoms with van der Waals surface area (Å²) in [5.74, 6) is 0.271. The first-order chi connectivity index (χ1) is 12.1. The maximum absolute atomic E-state index is 12.4. The fourth-order valence-electron chi connectivity index (χ4n) is 2.84. The first kappa shape index (κ1) is 19.0. The van der Waals surface area contributed by atoms with Gasteiger partial charge in [-0.2, -0.15) is 4.98 Å². The highest BCUT2D eigenvalue weighted by Crippen LogP contribution is 2.19. The van der Waals surface area contributed by atoms with Crippen LogP contribution in [0, 0.1) is 0 Å². The van der Waals surface area contributed by atoms with Crippen LogP contribution in [0.5, 0.6) is 11.8 Å². The second kappa shape index (κ2) is 9.22. The predicted octanol–water partition coefficient (Wildman–Crippen LogP) is 0.856. The van der Waals surface area contributed by atoms with Gasteiger partial charge in [-0.15, -0.1) is 0 Å². The third kappa shape index (κ3) is 5.06. The van der Waals surface area contributed by atoms with E-state index in [0.29, 0.717) is 37.7 Å². The van der Waals surface area contributed by atoms with Crippen molar-refractivity contribution >= 4 is 11.8 Å². The van der Waals surface area contributed by atoms with Crippen LogP contribution in [0.3, 0.4) is 0 Å². The normalized spacial score (nSPS) is 14.7. The summed E-state index contributed by atoms with van der Waals surface area (Å²) in [4.78, 5) is 30.1. The van der Waals surface area contributed by atoms with E-state index in [2.05, 4.69) is 10.3 Å². The third-order valence-corrected chi connectivity index (χ3v) is 4.16. The van der Waals surface area contributed by atoms with Crippen molar-refractivity contribution in [1.82, 2.24) is 15.2 Å². The van der Waals surface area contributed by atoms with Crippen molar-refractivity contribution in [3.05, 3.63) is 17.7 Å². The first-order valence-electron chi connectivity index (χ1n) is 8.29. The van der Waals surface area contributed by atoms with Crippen molar-refractivity contribution in [2.24, 2.45) is 0 Å². The summed E-state index contributed by atoms with van der Waals surface area (Å²) in [7, 11) is 2.94. The summed E-state index contributed by atoms with van der Waals surface area (Å²) >= 11 is 0. The molecule has 1 saturated heterocycles. The van der Waals surface area contributed by atoms with E-state index in [-0.39, 0.29) is 23.7 Å². The molecule has 1 aliphatic heterocycles. The lowest BCUT2D eigenvalue weighted by atomic mass is 10.1. The Labute approximate surface area is 147 Å². The molecular weight excluding hydrogens is 326 g/mol. The molecule has 2 heterocycles. The molecule has 25 heavy (non-hydrogen) atoms. The zero-order valence-corrected chi connectivity index (χ0v) is 14.9. The molecule has 8 nitrogen and oxygen atoms in total. The van der Waals surface area contributed by atoms with Crippen molar-refractivity contribution in [2.45, 2.75) is 25.8 Å². The van der Waals surface area contributed by atoms with Gasteiger partial charge in [0.25, 0.3) is 5.91 Å². The number of methoxy groups -OCH3 is 2. The Morgan fingerprint density at radius 1 is 1.28 bits per heavy atom. The fourth-order valence-corrected chi connectivity index (χ4v) is 2.84. The molecule has 0 spiro atoms. The van der Waals surface area contributed by atoms with E-state index < -0.39 is 0 Å².